The van der Waals surface area contributed by atoms with Crippen LogP contribution in [-0.2, 0) is 15.9 Å². The Balaban J connectivity index is 1.85. The third-order valence-corrected chi connectivity index (χ3v) is 2.37. The first kappa shape index (κ1) is 14.1. The molecule has 1 aromatic heterocycles. The van der Waals surface area contributed by atoms with E-state index in [-0.39, 0.29) is 0 Å². The van der Waals surface area contributed by atoms with Crippen LogP contribution in [0.2, 0.25) is 0 Å². The highest BCUT2D eigenvalue weighted by atomic mass is 16.5. The molecule has 1 heterocycles. The summed E-state index contributed by atoms with van der Waals surface area (Å²) < 4.78 is 10.4. The molecule has 4 nitrogen and oxygen atoms in total. The fraction of sp³-hybridized carbons (Fsp3) is 0.615. The molecule has 0 fully saturated rings. The van der Waals surface area contributed by atoms with E-state index in [1.807, 2.05) is 12.3 Å². The Bertz CT molecular complexity index is 267. The average Bonchev–Trinajstić information content (AvgIpc) is 2.38. The lowest BCUT2D eigenvalue weighted by Gasteiger charge is -2.06. The molecule has 1 N–H and O–H groups in total. The first-order chi connectivity index (χ1) is 8.43. The van der Waals surface area contributed by atoms with Gasteiger partial charge in [-0.05, 0) is 31.0 Å². The molecule has 17 heavy (non-hydrogen) atoms. The lowest BCUT2D eigenvalue weighted by Crippen LogP contribution is -2.22. The third-order valence-electron chi connectivity index (χ3n) is 2.37. The Hall–Kier alpha value is -0.970. The zero-order valence-electron chi connectivity index (χ0n) is 10.5. The zero-order chi connectivity index (χ0) is 12.2. The van der Waals surface area contributed by atoms with Crippen LogP contribution in [0.15, 0.2) is 24.5 Å². The molecule has 0 amide bonds. The Morgan fingerprint density at radius 1 is 1.24 bits per heavy atom. The first-order valence-electron chi connectivity index (χ1n) is 6.10. The normalized spacial score (nSPS) is 10.6. The summed E-state index contributed by atoms with van der Waals surface area (Å²) in [6.45, 7) is 4.17. The summed E-state index contributed by atoms with van der Waals surface area (Å²) in [6.07, 6.45) is 5.68. The van der Waals surface area contributed by atoms with E-state index >= 15 is 0 Å². The highest BCUT2D eigenvalue weighted by Gasteiger charge is 1.92. The maximum Gasteiger partial charge on any atom is 0.0590 e. The van der Waals surface area contributed by atoms with Gasteiger partial charge in [0.05, 0.1) is 6.61 Å². The minimum atomic E-state index is 0.761. The van der Waals surface area contributed by atoms with Crippen molar-refractivity contribution in [2.75, 3.05) is 40.0 Å². The molecule has 0 unspecified atom stereocenters. The maximum absolute atomic E-state index is 5.43. The molecule has 0 aliphatic heterocycles. The molecule has 1 aromatic rings. The molecule has 0 saturated carbocycles. The number of rotatable bonds is 10. The molecular weight excluding hydrogens is 216 g/mol. The molecule has 0 spiro atoms. The van der Waals surface area contributed by atoms with Crippen molar-refractivity contribution >= 4 is 0 Å². The van der Waals surface area contributed by atoms with Crippen LogP contribution in [0.4, 0.5) is 0 Å². The number of hydrogen-bond acceptors (Lipinski definition) is 4. The SMILES string of the molecule is COCCCOCCNCCc1cccnc1. The van der Waals surface area contributed by atoms with Gasteiger partial charge < -0.3 is 14.8 Å². The molecule has 0 saturated heterocycles. The van der Waals surface area contributed by atoms with Crippen molar-refractivity contribution in [3.8, 4) is 0 Å². The van der Waals surface area contributed by atoms with Gasteiger partial charge in [-0.1, -0.05) is 6.07 Å². The summed E-state index contributed by atoms with van der Waals surface area (Å²) in [5.74, 6) is 0. The van der Waals surface area contributed by atoms with Crippen LogP contribution < -0.4 is 5.32 Å². The summed E-state index contributed by atoms with van der Waals surface area (Å²) in [4.78, 5) is 4.08. The molecule has 96 valence electrons. The highest BCUT2D eigenvalue weighted by molar-refractivity contribution is 5.08. The van der Waals surface area contributed by atoms with Crippen molar-refractivity contribution < 1.29 is 9.47 Å². The van der Waals surface area contributed by atoms with Crippen LogP contribution in [0.25, 0.3) is 0 Å². The molecule has 0 radical (unpaired) electrons. The summed E-state index contributed by atoms with van der Waals surface area (Å²) in [5, 5.41) is 3.34. The largest absolute Gasteiger partial charge is 0.385 e. The third kappa shape index (κ3) is 7.85. The van der Waals surface area contributed by atoms with E-state index < -0.39 is 0 Å². The van der Waals surface area contributed by atoms with Crippen LogP contribution in [0.5, 0.6) is 0 Å². The van der Waals surface area contributed by atoms with Gasteiger partial charge in [0.25, 0.3) is 0 Å². The summed E-state index contributed by atoms with van der Waals surface area (Å²) in [6, 6.07) is 4.06. The van der Waals surface area contributed by atoms with Crippen molar-refractivity contribution in [2.24, 2.45) is 0 Å². The average molecular weight is 238 g/mol. The molecule has 0 aliphatic rings. The van der Waals surface area contributed by atoms with Gasteiger partial charge in [0.1, 0.15) is 0 Å². The molecular formula is C13H22N2O2. The van der Waals surface area contributed by atoms with E-state index in [0.29, 0.717) is 0 Å². The summed E-state index contributed by atoms with van der Waals surface area (Å²) >= 11 is 0. The number of aromatic nitrogens is 1. The standard InChI is InChI=1S/C13H22N2O2/c1-16-9-3-10-17-11-8-14-7-5-13-4-2-6-15-12-13/h2,4,6,12,14H,3,5,7-11H2,1H3. The van der Waals surface area contributed by atoms with Crippen LogP contribution in [0.1, 0.15) is 12.0 Å². The molecule has 0 bridgehead atoms. The van der Waals surface area contributed by atoms with Gasteiger partial charge in [-0.25, -0.2) is 0 Å². The van der Waals surface area contributed by atoms with E-state index in [4.69, 9.17) is 9.47 Å². The fourth-order valence-corrected chi connectivity index (χ4v) is 1.46. The Kier molecular flexibility index (Phi) is 8.46. The predicted octanol–water partition coefficient (Wildman–Crippen LogP) is 1.27. The number of ether oxygens (including phenoxy) is 2. The predicted molar refractivity (Wildman–Crippen MR) is 68.1 cm³/mol. The summed E-state index contributed by atoms with van der Waals surface area (Å²) in [5.41, 5.74) is 1.26. The van der Waals surface area contributed by atoms with E-state index in [0.717, 1.165) is 45.8 Å². The number of methoxy groups -OCH3 is 1. The fourth-order valence-electron chi connectivity index (χ4n) is 1.46. The van der Waals surface area contributed by atoms with Crippen molar-refractivity contribution in [2.45, 2.75) is 12.8 Å². The van der Waals surface area contributed by atoms with Crippen molar-refractivity contribution in [3.63, 3.8) is 0 Å². The zero-order valence-corrected chi connectivity index (χ0v) is 10.5. The van der Waals surface area contributed by atoms with Gasteiger partial charge in [-0.2, -0.15) is 0 Å². The van der Waals surface area contributed by atoms with E-state index in [1.54, 1.807) is 13.3 Å². The molecule has 4 heteroatoms. The lowest BCUT2D eigenvalue weighted by atomic mass is 10.2. The monoisotopic (exact) mass is 238 g/mol. The van der Waals surface area contributed by atoms with Crippen molar-refractivity contribution in [3.05, 3.63) is 30.1 Å². The van der Waals surface area contributed by atoms with E-state index in [1.165, 1.54) is 5.56 Å². The molecule has 0 aliphatic carbocycles. The topological polar surface area (TPSA) is 43.4 Å². The molecule has 1 rings (SSSR count). The first-order valence-corrected chi connectivity index (χ1v) is 6.10. The number of nitrogens with zero attached hydrogens (tertiary/aromatic N) is 1. The van der Waals surface area contributed by atoms with Gasteiger partial charge >= 0.3 is 0 Å². The minimum absolute atomic E-state index is 0.761. The molecule has 0 atom stereocenters. The highest BCUT2D eigenvalue weighted by Crippen LogP contribution is 1.95. The number of pyridine rings is 1. The minimum Gasteiger partial charge on any atom is -0.385 e. The Morgan fingerprint density at radius 2 is 2.18 bits per heavy atom. The quantitative estimate of drug-likeness (QED) is 0.623. The Morgan fingerprint density at radius 3 is 2.94 bits per heavy atom. The second-order valence-corrected chi connectivity index (χ2v) is 3.82. The van der Waals surface area contributed by atoms with Crippen LogP contribution in [0.3, 0.4) is 0 Å². The second-order valence-electron chi connectivity index (χ2n) is 3.82. The number of nitrogens with one attached hydrogen (secondary N) is 1. The van der Waals surface area contributed by atoms with Gasteiger partial charge in [-0.3, -0.25) is 4.98 Å². The van der Waals surface area contributed by atoms with E-state index in [2.05, 4.69) is 16.4 Å². The van der Waals surface area contributed by atoms with E-state index in [9.17, 15) is 0 Å². The summed E-state index contributed by atoms with van der Waals surface area (Å²) in [7, 11) is 1.71. The van der Waals surface area contributed by atoms with Gasteiger partial charge in [0.15, 0.2) is 0 Å². The van der Waals surface area contributed by atoms with Crippen LogP contribution in [-0.4, -0.2) is 45.0 Å². The maximum atomic E-state index is 5.43. The Labute approximate surface area is 103 Å². The van der Waals surface area contributed by atoms with Crippen molar-refractivity contribution in [1.29, 1.82) is 0 Å². The van der Waals surface area contributed by atoms with Gasteiger partial charge in [0, 0.05) is 39.3 Å². The number of hydrogen-bond donors (Lipinski definition) is 1. The van der Waals surface area contributed by atoms with Crippen molar-refractivity contribution in [1.82, 2.24) is 10.3 Å². The van der Waals surface area contributed by atoms with Crippen LogP contribution >= 0.6 is 0 Å². The smallest absolute Gasteiger partial charge is 0.0590 e. The van der Waals surface area contributed by atoms with Gasteiger partial charge in [0.2, 0.25) is 0 Å². The lowest BCUT2D eigenvalue weighted by molar-refractivity contribution is 0.104. The molecule has 0 aromatic carbocycles. The van der Waals surface area contributed by atoms with Gasteiger partial charge in [-0.15, -0.1) is 0 Å². The van der Waals surface area contributed by atoms with Crippen LogP contribution in [0, 0.1) is 0 Å². The second kappa shape index (κ2) is 10.2.